The number of benzene rings is 7. The van der Waals surface area contributed by atoms with Crippen molar-refractivity contribution in [1.82, 2.24) is 0 Å². The second-order valence-electron chi connectivity index (χ2n) is 14.7. The molecule has 0 bridgehead atoms. The quantitative estimate of drug-likeness (QED) is 0.169. The Morgan fingerprint density at radius 2 is 1.27 bits per heavy atom. The fourth-order valence-corrected chi connectivity index (χ4v) is 8.40. The Kier molecular flexibility index (Phi) is 7.44. The topological polar surface area (TPSA) is 16.4 Å². The van der Waals surface area contributed by atoms with E-state index in [2.05, 4.69) is 178 Å². The Labute approximate surface area is 300 Å². The normalized spacial score (nSPS) is 13.1. The Hall–Kier alpha value is -5.86. The van der Waals surface area contributed by atoms with E-state index in [0.717, 1.165) is 50.9 Å². The molecule has 248 valence electrons. The molecule has 51 heavy (non-hydrogen) atoms. The second-order valence-corrected chi connectivity index (χ2v) is 14.7. The minimum atomic E-state index is -0.0921. The molecule has 1 aromatic heterocycles. The maximum atomic E-state index is 6.43. The van der Waals surface area contributed by atoms with Crippen LogP contribution in [-0.2, 0) is 11.8 Å². The van der Waals surface area contributed by atoms with Gasteiger partial charge in [0.25, 0.3) is 0 Å². The van der Waals surface area contributed by atoms with Crippen molar-refractivity contribution < 1.29 is 4.42 Å². The summed E-state index contributed by atoms with van der Waals surface area (Å²) in [7, 11) is 0. The number of rotatable bonds is 7. The minimum absolute atomic E-state index is 0.0921. The van der Waals surface area contributed by atoms with Gasteiger partial charge in [0.1, 0.15) is 11.2 Å². The molecule has 0 aliphatic heterocycles. The summed E-state index contributed by atoms with van der Waals surface area (Å²) in [4.78, 5) is 2.46. The van der Waals surface area contributed by atoms with Crippen molar-refractivity contribution in [2.24, 2.45) is 0 Å². The van der Waals surface area contributed by atoms with Crippen LogP contribution in [0.1, 0.15) is 61.4 Å². The summed E-state index contributed by atoms with van der Waals surface area (Å²) < 4.78 is 6.43. The van der Waals surface area contributed by atoms with Crippen molar-refractivity contribution in [3.63, 3.8) is 0 Å². The lowest BCUT2D eigenvalue weighted by Crippen LogP contribution is -2.16. The SMILES string of the molecule is CC(C)c1ccccc1Cc1cccc(N(c2ccc(-c3cccc4c3oc3ccccc34)cc2)c2cccc3c2-c2ccccc2C3(C)C)c1. The molecule has 0 N–H and O–H groups in total. The molecule has 9 rings (SSSR count). The molecule has 1 aliphatic rings. The lowest BCUT2D eigenvalue weighted by atomic mass is 9.82. The van der Waals surface area contributed by atoms with Crippen LogP contribution >= 0.6 is 0 Å². The molecule has 0 spiro atoms. The van der Waals surface area contributed by atoms with Gasteiger partial charge in [0.2, 0.25) is 0 Å². The third kappa shape index (κ3) is 5.17. The molecule has 7 aromatic carbocycles. The molecule has 2 heteroatoms. The van der Waals surface area contributed by atoms with E-state index in [1.165, 1.54) is 44.6 Å². The van der Waals surface area contributed by atoms with E-state index in [4.69, 9.17) is 4.42 Å². The van der Waals surface area contributed by atoms with Gasteiger partial charge in [-0.05, 0) is 87.7 Å². The largest absolute Gasteiger partial charge is 0.455 e. The van der Waals surface area contributed by atoms with Crippen LogP contribution in [0.25, 0.3) is 44.2 Å². The average Bonchev–Trinajstić information content (AvgIpc) is 3.65. The van der Waals surface area contributed by atoms with Crippen LogP contribution in [0.3, 0.4) is 0 Å². The lowest BCUT2D eigenvalue weighted by molar-refractivity contribution is 0.660. The highest BCUT2D eigenvalue weighted by Crippen LogP contribution is 2.54. The van der Waals surface area contributed by atoms with Gasteiger partial charge in [0.05, 0.1) is 5.69 Å². The van der Waals surface area contributed by atoms with Crippen molar-refractivity contribution in [3.05, 3.63) is 186 Å². The Morgan fingerprint density at radius 3 is 2.14 bits per heavy atom. The van der Waals surface area contributed by atoms with Gasteiger partial charge >= 0.3 is 0 Å². The Balaban J connectivity index is 1.20. The van der Waals surface area contributed by atoms with Crippen LogP contribution in [0.5, 0.6) is 0 Å². The maximum Gasteiger partial charge on any atom is 0.143 e. The van der Waals surface area contributed by atoms with Crippen molar-refractivity contribution in [3.8, 4) is 22.3 Å². The molecule has 1 aliphatic carbocycles. The first-order valence-corrected chi connectivity index (χ1v) is 18.1. The number of anilines is 3. The molecular formula is C49H41NO. The minimum Gasteiger partial charge on any atom is -0.455 e. The van der Waals surface area contributed by atoms with Gasteiger partial charge in [-0.1, -0.05) is 149 Å². The van der Waals surface area contributed by atoms with Crippen molar-refractivity contribution in [2.45, 2.75) is 45.4 Å². The molecule has 8 aromatic rings. The van der Waals surface area contributed by atoms with E-state index >= 15 is 0 Å². The maximum absolute atomic E-state index is 6.43. The zero-order valence-electron chi connectivity index (χ0n) is 29.7. The zero-order valence-corrected chi connectivity index (χ0v) is 29.7. The van der Waals surface area contributed by atoms with Gasteiger partial charge in [-0.25, -0.2) is 0 Å². The summed E-state index contributed by atoms with van der Waals surface area (Å²) in [6.45, 7) is 9.27. The zero-order chi connectivity index (χ0) is 34.7. The van der Waals surface area contributed by atoms with E-state index in [9.17, 15) is 0 Å². The van der Waals surface area contributed by atoms with E-state index in [0.29, 0.717) is 5.92 Å². The number of nitrogens with zero attached hydrogens (tertiary/aromatic N) is 1. The predicted molar refractivity (Wildman–Crippen MR) is 215 cm³/mol. The van der Waals surface area contributed by atoms with Gasteiger partial charge in [-0.15, -0.1) is 0 Å². The number of hydrogen-bond acceptors (Lipinski definition) is 2. The molecular weight excluding hydrogens is 619 g/mol. The van der Waals surface area contributed by atoms with Gasteiger partial charge < -0.3 is 9.32 Å². The molecule has 0 saturated heterocycles. The van der Waals surface area contributed by atoms with Gasteiger partial charge in [0.15, 0.2) is 0 Å². The Bertz CT molecular complexity index is 2570. The first-order chi connectivity index (χ1) is 24.9. The molecule has 0 fully saturated rings. The smallest absolute Gasteiger partial charge is 0.143 e. The number of para-hydroxylation sites is 2. The predicted octanol–water partition coefficient (Wildman–Crippen LogP) is 13.7. The standard InChI is InChI=1S/C49H41NO/c1-32(2)38-17-6-5-15-35(38)30-33-14-11-16-37(31-33)50(45-24-13-23-44-47(45)42-19-7-9-22-43(42)49(44,3)4)36-28-26-34(27-29-36)39-20-12-21-41-40-18-8-10-25-46(40)51-48(39)41/h5-29,31-32H,30H2,1-4H3. The fourth-order valence-electron chi connectivity index (χ4n) is 8.40. The van der Waals surface area contributed by atoms with E-state index in [1.54, 1.807) is 0 Å². The van der Waals surface area contributed by atoms with Crippen LogP contribution < -0.4 is 4.90 Å². The summed E-state index contributed by atoms with van der Waals surface area (Å²) in [5, 5.41) is 2.29. The molecule has 0 amide bonds. The fraction of sp³-hybridized carbons (Fsp3) is 0.143. The van der Waals surface area contributed by atoms with E-state index in [1.807, 2.05) is 12.1 Å². The van der Waals surface area contributed by atoms with Crippen LogP contribution in [0.4, 0.5) is 17.1 Å². The lowest BCUT2D eigenvalue weighted by Gasteiger charge is -2.29. The van der Waals surface area contributed by atoms with Gasteiger partial charge in [-0.2, -0.15) is 0 Å². The van der Waals surface area contributed by atoms with Crippen LogP contribution in [0, 0.1) is 0 Å². The van der Waals surface area contributed by atoms with Crippen molar-refractivity contribution in [2.75, 3.05) is 4.90 Å². The van der Waals surface area contributed by atoms with Crippen LogP contribution in [-0.4, -0.2) is 0 Å². The summed E-state index contributed by atoms with van der Waals surface area (Å²) in [6, 6.07) is 57.5. The number of hydrogen-bond donors (Lipinski definition) is 0. The van der Waals surface area contributed by atoms with Crippen LogP contribution in [0.2, 0.25) is 0 Å². The third-order valence-electron chi connectivity index (χ3n) is 10.9. The second kappa shape index (κ2) is 12.2. The van der Waals surface area contributed by atoms with E-state index < -0.39 is 0 Å². The highest BCUT2D eigenvalue weighted by Gasteiger charge is 2.37. The van der Waals surface area contributed by atoms with Crippen molar-refractivity contribution >= 4 is 39.0 Å². The molecule has 2 nitrogen and oxygen atoms in total. The van der Waals surface area contributed by atoms with E-state index in [-0.39, 0.29) is 5.41 Å². The Morgan fingerprint density at radius 1 is 0.588 bits per heavy atom. The molecule has 0 atom stereocenters. The summed E-state index contributed by atoms with van der Waals surface area (Å²) in [5.41, 5.74) is 16.9. The highest BCUT2D eigenvalue weighted by molar-refractivity contribution is 6.09. The summed E-state index contributed by atoms with van der Waals surface area (Å²) in [6.07, 6.45) is 0.888. The van der Waals surface area contributed by atoms with Gasteiger partial charge in [-0.3, -0.25) is 0 Å². The first-order valence-electron chi connectivity index (χ1n) is 18.1. The molecule has 0 saturated carbocycles. The third-order valence-corrected chi connectivity index (χ3v) is 10.9. The van der Waals surface area contributed by atoms with Gasteiger partial charge in [0, 0.05) is 38.7 Å². The number of fused-ring (bicyclic) bond motifs is 6. The molecule has 1 heterocycles. The van der Waals surface area contributed by atoms with Crippen LogP contribution in [0.15, 0.2) is 162 Å². The average molecular weight is 660 g/mol. The highest BCUT2D eigenvalue weighted by atomic mass is 16.3. The molecule has 0 unspecified atom stereocenters. The summed E-state index contributed by atoms with van der Waals surface area (Å²) in [5.74, 6) is 0.472. The van der Waals surface area contributed by atoms with Crippen molar-refractivity contribution in [1.29, 1.82) is 0 Å². The monoisotopic (exact) mass is 659 g/mol. The number of furan rings is 1. The first kappa shape index (κ1) is 31.1. The summed E-state index contributed by atoms with van der Waals surface area (Å²) >= 11 is 0. The molecule has 0 radical (unpaired) electrons.